The van der Waals surface area contributed by atoms with Crippen LogP contribution in [-0.2, 0) is 11.2 Å². The van der Waals surface area contributed by atoms with Gasteiger partial charge >= 0.3 is 0 Å². The molecule has 2 aliphatic rings. The van der Waals surface area contributed by atoms with Crippen LogP contribution in [0.5, 0.6) is 5.75 Å². The lowest BCUT2D eigenvalue weighted by molar-refractivity contribution is -0.153. The number of hydrogen-bond acceptors (Lipinski definition) is 7. The first-order chi connectivity index (χ1) is 16.4. The maximum atomic E-state index is 12.5. The Labute approximate surface area is 198 Å². The lowest BCUT2D eigenvalue weighted by atomic mass is 9.71. The second kappa shape index (κ2) is 7.93. The number of aromatic nitrogens is 1. The quantitative estimate of drug-likeness (QED) is 0.626. The number of hydrogen-bond donors (Lipinski definition) is 2. The maximum absolute atomic E-state index is 12.5. The van der Waals surface area contributed by atoms with Crippen molar-refractivity contribution < 1.29 is 14.9 Å². The first-order valence-corrected chi connectivity index (χ1v) is 11.1. The Balaban J connectivity index is 1.83. The molecule has 1 aromatic heterocycles. The molecule has 0 spiro atoms. The predicted molar refractivity (Wildman–Crippen MR) is 124 cm³/mol. The molecule has 3 aromatic rings. The summed E-state index contributed by atoms with van der Waals surface area (Å²) in [6, 6.07) is 22.3. The molecule has 0 radical (unpaired) electrons. The number of rotatable bonds is 4. The van der Waals surface area contributed by atoms with E-state index >= 15 is 0 Å². The van der Waals surface area contributed by atoms with Gasteiger partial charge in [-0.1, -0.05) is 42.5 Å². The summed E-state index contributed by atoms with van der Waals surface area (Å²) in [5.41, 5.74) is -0.791. The third-order valence-corrected chi connectivity index (χ3v) is 7.06. The molecule has 2 aromatic carbocycles. The summed E-state index contributed by atoms with van der Waals surface area (Å²) in [5, 5.41) is 43.0. The molecule has 34 heavy (non-hydrogen) atoms. The van der Waals surface area contributed by atoms with Crippen LogP contribution in [0.2, 0.25) is 0 Å². The fraction of sp³-hybridized carbons (Fsp3) is 0.296. The lowest BCUT2D eigenvalue weighted by Crippen LogP contribution is -2.52. The topological polar surface area (TPSA) is 113 Å². The molecule has 0 bridgehead atoms. The smallest absolute Gasteiger partial charge is 0.181 e. The molecule has 1 saturated carbocycles. The molecule has 7 heteroatoms. The molecule has 2 heterocycles. The second-order valence-corrected chi connectivity index (χ2v) is 9.24. The fourth-order valence-corrected chi connectivity index (χ4v) is 5.77. The average Bonchev–Trinajstić information content (AvgIpc) is 3.22. The summed E-state index contributed by atoms with van der Waals surface area (Å²) in [5.74, 6) is -0.582. The number of aliphatic hydroxyl groups excluding tert-OH is 1. The minimum absolute atomic E-state index is 0.213. The molecular formula is C27H24N4O3. The summed E-state index contributed by atoms with van der Waals surface area (Å²) < 4.78 is 6.65. The summed E-state index contributed by atoms with van der Waals surface area (Å²) >= 11 is 0. The van der Waals surface area contributed by atoms with Gasteiger partial charge in [-0.2, -0.15) is 10.5 Å². The summed E-state index contributed by atoms with van der Waals surface area (Å²) in [6.45, 7) is 0.496. The average molecular weight is 453 g/mol. The lowest BCUT2D eigenvalue weighted by Gasteiger charge is -2.40. The van der Waals surface area contributed by atoms with Crippen LogP contribution >= 0.6 is 0 Å². The van der Waals surface area contributed by atoms with Gasteiger partial charge in [-0.25, -0.2) is 0 Å². The van der Waals surface area contributed by atoms with Gasteiger partial charge in [-0.05, 0) is 37.4 Å². The largest absolute Gasteiger partial charge is 0.476 e. The number of aliphatic hydroxyl groups is 2. The third-order valence-electron chi connectivity index (χ3n) is 7.06. The highest BCUT2D eigenvalue weighted by Gasteiger charge is 2.76. The van der Waals surface area contributed by atoms with E-state index in [1.807, 2.05) is 49.3 Å². The van der Waals surface area contributed by atoms with Crippen molar-refractivity contribution in [1.29, 1.82) is 10.5 Å². The number of pyridine rings is 1. The van der Waals surface area contributed by atoms with Crippen LogP contribution in [0.4, 0.5) is 0 Å². The van der Waals surface area contributed by atoms with Crippen LogP contribution in [0, 0.1) is 28.6 Å². The Bertz CT molecular complexity index is 1310. The van der Waals surface area contributed by atoms with Gasteiger partial charge in [0.05, 0.1) is 23.3 Å². The Hall–Kier alpha value is -3.75. The van der Waals surface area contributed by atoms with E-state index in [9.17, 15) is 20.7 Å². The van der Waals surface area contributed by atoms with Gasteiger partial charge in [0.25, 0.3) is 0 Å². The number of benzene rings is 2. The van der Waals surface area contributed by atoms with E-state index in [2.05, 4.69) is 17.1 Å². The van der Waals surface area contributed by atoms with Gasteiger partial charge in [0.1, 0.15) is 17.5 Å². The molecule has 0 saturated heterocycles. The minimum atomic E-state index is -1.88. The Kier molecular flexibility index (Phi) is 5.15. The zero-order valence-corrected chi connectivity index (χ0v) is 18.9. The summed E-state index contributed by atoms with van der Waals surface area (Å²) in [4.78, 5) is 6.40. The molecule has 2 N–H and O–H groups in total. The highest BCUT2D eigenvalue weighted by molar-refractivity contribution is 5.55. The van der Waals surface area contributed by atoms with E-state index in [1.165, 1.54) is 6.20 Å². The van der Waals surface area contributed by atoms with Crippen LogP contribution in [0.3, 0.4) is 0 Å². The standard InChI is InChI=1S/C27H24N4O3/c1-31(2)16-21-23(19-6-4-3-5-7-19)27(20-10-8-17(13-28)9-11-20)26(33,25(21)32)24-22(34-27)12-18(14-29)15-30-24/h3-12,15,21,23,25,32-33H,16H2,1-2H3/t21-,23-,25-,26+,27+/m1/s1. The minimum Gasteiger partial charge on any atom is -0.476 e. The Morgan fingerprint density at radius 1 is 1.03 bits per heavy atom. The summed E-state index contributed by atoms with van der Waals surface area (Å²) in [7, 11) is 3.85. The van der Waals surface area contributed by atoms with Crippen molar-refractivity contribution in [3.8, 4) is 17.9 Å². The third kappa shape index (κ3) is 2.89. The zero-order valence-electron chi connectivity index (χ0n) is 18.9. The van der Waals surface area contributed by atoms with E-state index < -0.39 is 29.1 Å². The number of nitrogens with zero attached hydrogens (tertiary/aromatic N) is 4. The van der Waals surface area contributed by atoms with Gasteiger partial charge in [-0.3, -0.25) is 4.98 Å². The normalized spacial score (nSPS) is 29.1. The van der Waals surface area contributed by atoms with Crippen molar-refractivity contribution in [2.75, 3.05) is 20.6 Å². The molecule has 1 fully saturated rings. The van der Waals surface area contributed by atoms with E-state index in [1.54, 1.807) is 30.3 Å². The van der Waals surface area contributed by atoms with Gasteiger partial charge < -0.3 is 19.8 Å². The molecule has 5 atom stereocenters. The highest BCUT2D eigenvalue weighted by Crippen LogP contribution is 2.68. The Morgan fingerprint density at radius 2 is 1.71 bits per heavy atom. The second-order valence-electron chi connectivity index (χ2n) is 9.24. The first kappa shape index (κ1) is 22.1. The number of fused-ring (bicyclic) bond motifs is 3. The molecule has 1 aliphatic heterocycles. The van der Waals surface area contributed by atoms with E-state index in [-0.39, 0.29) is 11.4 Å². The van der Waals surface area contributed by atoms with Crippen LogP contribution in [0.1, 0.15) is 33.9 Å². The number of nitriles is 2. The van der Waals surface area contributed by atoms with E-state index in [0.717, 1.165) is 5.56 Å². The maximum Gasteiger partial charge on any atom is 0.181 e. The first-order valence-electron chi connectivity index (χ1n) is 11.1. The van der Waals surface area contributed by atoms with Crippen LogP contribution in [0.15, 0.2) is 66.9 Å². The van der Waals surface area contributed by atoms with Crippen molar-refractivity contribution in [2.45, 2.75) is 23.2 Å². The van der Waals surface area contributed by atoms with Gasteiger partial charge in [0.15, 0.2) is 11.2 Å². The number of ether oxygens (including phenoxy) is 1. The molecule has 170 valence electrons. The van der Waals surface area contributed by atoms with Crippen LogP contribution < -0.4 is 4.74 Å². The molecular weight excluding hydrogens is 428 g/mol. The van der Waals surface area contributed by atoms with Crippen LogP contribution in [0.25, 0.3) is 0 Å². The highest BCUT2D eigenvalue weighted by atomic mass is 16.5. The molecule has 0 unspecified atom stereocenters. The fourth-order valence-electron chi connectivity index (χ4n) is 5.77. The monoisotopic (exact) mass is 452 g/mol. The predicted octanol–water partition coefficient (Wildman–Crippen LogP) is 2.64. The van der Waals surface area contributed by atoms with Gasteiger partial charge in [0, 0.05) is 30.6 Å². The molecule has 1 aliphatic carbocycles. The zero-order chi connectivity index (χ0) is 24.1. The van der Waals surface area contributed by atoms with Gasteiger partial charge in [-0.15, -0.1) is 0 Å². The van der Waals surface area contributed by atoms with Crippen molar-refractivity contribution in [3.05, 3.63) is 94.8 Å². The van der Waals surface area contributed by atoms with Crippen molar-refractivity contribution >= 4 is 0 Å². The SMILES string of the molecule is CN(C)C[C@H]1[C@@H](O)[C@@]2(O)c3ncc(C#N)cc3O[C@@]2(c2ccc(C#N)cc2)[C@@H]1c1ccccc1. The molecule has 5 rings (SSSR count). The van der Waals surface area contributed by atoms with Crippen LogP contribution in [-0.4, -0.2) is 46.8 Å². The van der Waals surface area contributed by atoms with Gasteiger partial charge in [0.2, 0.25) is 0 Å². The van der Waals surface area contributed by atoms with E-state index in [4.69, 9.17) is 4.74 Å². The molecule has 7 nitrogen and oxygen atoms in total. The summed E-state index contributed by atoms with van der Waals surface area (Å²) in [6.07, 6.45) is 0.177. The van der Waals surface area contributed by atoms with E-state index in [0.29, 0.717) is 23.2 Å². The van der Waals surface area contributed by atoms with Crippen molar-refractivity contribution in [2.24, 2.45) is 5.92 Å². The Morgan fingerprint density at radius 3 is 2.32 bits per heavy atom. The molecule has 0 amide bonds. The van der Waals surface area contributed by atoms with Crippen molar-refractivity contribution in [3.63, 3.8) is 0 Å². The van der Waals surface area contributed by atoms with Crippen molar-refractivity contribution in [1.82, 2.24) is 9.88 Å².